The number of anilines is 1. The Morgan fingerprint density at radius 1 is 0.929 bits per heavy atom. The van der Waals surface area contributed by atoms with Crippen LogP contribution in [0.4, 0.5) is 5.69 Å². The molecule has 28 heavy (non-hydrogen) atoms. The average Bonchev–Trinajstić information content (AvgIpc) is 3.12. The molecule has 2 heterocycles. The monoisotopic (exact) mass is 398 g/mol. The van der Waals surface area contributed by atoms with Crippen LogP contribution in [0.5, 0.6) is 5.75 Å². The standard InChI is InChI=1S/C22H23ClN2O3/c23-16-6-8-18(9-7-16)28-19-10-13-24(14-11-19)21(26)20-12-15-25(22(20)27)17-4-2-1-3-5-17/h1-9,19-20H,10-15H2/t20-/m1/s1. The van der Waals surface area contributed by atoms with E-state index in [9.17, 15) is 9.59 Å². The van der Waals surface area contributed by atoms with E-state index in [1.807, 2.05) is 47.4 Å². The predicted molar refractivity (Wildman–Crippen MR) is 109 cm³/mol. The summed E-state index contributed by atoms with van der Waals surface area (Å²) < 4.78 is 5.99. The highest BCUT2D eigenvalue weighted by molar-refractivity contribution is 6.30. The normalized spacial score (nSPS) is 20.5. The predicted octanol–water partition coefficient (Wildman–Crippen LogP) is 3.76. The average molecular weight is 399 g/mol. The van der Waals surface area contributed by atoms with Crippen molar-refractivity contribution in [2.24, 2.45) is 5.92 Å². The van der Waals surface area contributed by atoms with Gasteiger partial charge in [-0.25, -0.2) is 0 Å². The van der Waals surface area contributed by atoms with Gasteiger partial charge in [0.15, 0.2) is 0 Å². The second-order valence-corrected chi connectivity index (χ2v) is 7.70. The number of hydrogen-bond acceptors (Lipinski definition) is 3. The van der Waals surface area contributed by atoms with Gasteiger partial charge in [-0.15, -0.1) is 0 Å². The van der Waals surface area contributed by atoms with Crippen molar-refractivity contribution in [2.75, 3.05) is 24.5 Å². The number of nitrogens with zero attached hydrogens (tertiary/aromatic N) is 2. The van der Waals surface area contributed by atoms with Gasteiger partial charge in [-0.2, -0.15) is 0 Å². The minimum Gasteiger partial charge on any atom is -0.490 e. The fourth-order valence-electron chi connectivity index (χ4n) is 3.89. The molecule has 0 bridgehead atoms. The summed E-state index contributed by atoms with van der Waals surface area (Å²) in [5.41, 5.74) is 0.859. The second-order valence-electron chi connectivity index (χ2n) is 7.26. The maximum absolute atomic E-state index is 12.9. The van der Waals surface area contributed by atoms with Gasteiger partial charge >= 0.3 is 0 Å². The van der Waals surface area contributed by atoms with Crippen LogP contribution in [0.25, 0.3) is 0 Å². The minimum absolute atomic E-state index is 0.0478. The number of ether oxygens (including phenoxy) is 1. The lowest BCUT2D eigenvalue weighted by Gasteiger charge is -2.33. The van der Waals surface area contributed by atoms with Crippen LogP contribution in [0, 0.1) is 5.92 Å². The Bertz CT molecular complexity index is 833. The van der Waals surface area contributed by atoms with Crippen molar-refractivity contribution in [3.05, 3.63) is 59.6 Å². The van der Waals surface area contributed by atoms with Crippen LogP contribution < -0.4 is 9.64 Å². The summed E-state index contributed by atoms with van der Waals surface area (Å²) in [4.78, 5) is 29.2. The van der Waals surface area contributed by atoms with Crippen LogP contribution in [-0.2, 0) is 9.59 Å². The molecule has 0 N–H and O–H groups in total. The maximum Gasteiger partial charge on any atom is 0.239 e. The molecule has 0 unspecified atom stereocenters. The van der Waals surface area contributed by atoms with Gasteiger partial charge in [0.05, 0.1) is 0 Å². The summed E-state index contributed by atoms with van der Waals surface area (Å²) in [5, 5.41) is 0.679. The molecule has 5 nitrogen and oxygen atoms in total. The van der Waals surface area contributed by atoms with Crippen molar-refractivity contribution in [1.29, 1.82) is 0 Å². The van der Waals surface area contributed by atoms with E-state index in [4.69, 9.17) is 16.3 Å². The van der Waals surface area contributed by atoms with E-state index in [1.165, 1.54) is 0 Å². The molecule has 4 rings (SSSR count). The molecule has 6 heteroatoms. The fraction of sp³-hybridized carbons (Fsp3) is 0.364. The Balaban J connectivity index is 1.31. The molecule has 2 fully saturated rings. The van der Waals surface area contributed by atoms with Crippen LogP contribution in [0.2, 0.25) is 5.02 Å². The number of para-hydroxylation sites is 1. The number of amides is 2. The van der Waals surface area contributed by atoms with Gasteiger partial charge in [0.25, 0.3) is 0 Å². The second kappa shape index (κ2) is 8.23. The summed E-state index contributed by atoms with van der Waals surface area (Å²) >= 11 is 5.90. The highest BCUT2D eigenvalue weighted by Crippen LogP contribution is 2.28. The molecule has 0 radical (unpaired) electrons. The first-order valence-electron chi connectivity index (χ1n) is 9.69. The van der Waals surface area contributed by atoms with E-state index in [0.717, 1.165) is 24.3 Å². The zero-order valence-electron chi connectivity index (χ0n) is 15.6. The van der Waals surface area contributed by atoms with Crippen molar-refractivity contribution >= 4 is 29.1 Å². The number of halogens is 1. The van der Waals surface area contributed by atoms with E-state index in [1.54, 1.807) is 17.0 Å². The third-order valence-electron chi connectivity index (χ3n) is 5.44. The number of carbonyl (C=O) groups excluding carboxylic acids is 2. The topological polar surface area (TPSA) is 49.9 Å². The Hall–Kier alpha value is -2.53. The van der Waals surface area contributed by atoms with Gasteiger partial charge in [-0.05, 0) is 42.8 Å². The molecule has 146 valence electrons. The first-order valence-corrected chi connectivity index (χ1v) is 10.1. The van der Waals surface area contributed by atoms with Gasteiger partial charge in [-0.3, -0.25) is 9.59 Å². The number of likely N-dealkylation sites (tertiary alicyclic amines) is 1. The van der Waals surface area contributed by atoms with Crippen LogP contribution >= 0.6 is 11.6 Å². The van der Waals surface area contributed by atoms with Gasteiger partial charge in [0, 0.05) is 43.2 Å². The van der Waals surface area contributed by atoms with E-state index >= 15 is 0 Å². The quantitative estimate of drug-likeness (QED) is 0.737. The smallest absolute Gasteiger partial charge is 0.239 e. The van der Waals surface area contributed by atoms with Gasteiger partial charge in [-0.1, -0.05) is 29.8 Å². The summed E-state index contributed by atoms with van der Waals surface area (Å²) in [7, 11) is 0. The van der Waals surface area contributed by atoms with Gasteiger partial charge in [0.2, 0.25) is 11.8 Å². The number of piperidine rings is 1. The fourth-order valence-corrected chi connectivity index (χ4v) is 4.02. The van der Waals surface area contributed by atoms with Crippen molar-refractivity contribution in [3.63, 3.8) is 0 Å². The lowest BCUT2D eigenvalue weighted by Crippen LogP contribution is -2.46. The van der Waals surface area contributed by atoms with E-state index in [-0.39, 0.29) is 17.9 Å². The number of hydrogen-bond donors (Lipinski definition) is 0. The third kappa shape index (κ3) is 3.99. The molecular weight excluding hydrogens is 376 g/mol. The molecule has 2 aliphatic heterocycles. The van der Waals surface area contributed by atoms with Crippen LogP contribution in [0.3, 0.4) is 0 Å². The van der Waals surface area contributed by atoms with Crippen molar-refractivity contribution in [2.45, 2.75) is 25.4 Å². The molecule has 0 saturated carbocycles. The Kier molecular flexibility index (Phi) is 5.53. The van der Waals surface area contributed by atoms with Gasteiger partial charge < -0.3 is 14.5 Å². The summed E-state index contributed by atoms with van der Waals surface area (Å²) in [6.07, 6.45) is 2.17. The molecule has 2 saturated heterocycles. The van der Waals surface area contributed by atoms with Crippen molar-refractivity contribution in [3.8, 4) is 5.75 Å². The first kappa shape index (κ1) is 18.8. The molecule has 2 aliphatic rings. The van der Waals surface area contributed by atoms with Crippen LogP contribution in [0.1, 0.15) is 19.3 Å². The van der Waals surface area contributed by atoms with Crippen LogP contribution in [-0.4, -0.2) is 42.5 Å². The zero-order valence-corrected chi connectivity index (χ0v) is 16.3. The summed E-state index contributed by atoms with van der Waals surface area (Å²) in [6, 6.07) is 16.9. The number of rotatable bonds is 4. The number of carbonyl (C=O) groups is 2. The maximum atomic E-state index is 12.9. The molecule has 0 aromatic heterocycles. The lowest BCUT2D eigenvalue weighted by atomic mass is 10.0. The highest BCUT2D eigenvalue weighted by Gasteiger charge is 2.40. The SMILES string of the molecule is O=C([C@H]1CCN(c2ccccc2)C1=O)N1CCC(Oc2ccc(Cl)cc2)CC1. The Labute approximate surface area is 169 Å². The van der Waals surface area contributed by atoms with E-state index < -0.39 is 5.92 Å². The molecule has 0 aliphatic carbocycles. The van der Waals surface area contributed by atoms with Crippen molar-refractivity contribution < 1.29 is 14.3 Å². The highest BCUT2D eigenvalue weighted by atomic mass is 35.5. The molecule has 2 amide bonds. The minimum atomic E-state index is -0.561. The Morgan fingerprint density at radius 3 is 2.29 bits per heavy atom. The van der Waals surface area contributed by atoms with Crippen LogP contribution in [0.15, 0.2) is 54.6 Å². The molecule has 2 aromatic rings. The zero-order chi connectivity index (χ0) is 19.5. The first-order chi connectivity index (χ1) is 13.6. The summed E-state index contributed by atoms with van der Waals surface area (Å²) in [5.74, 6) is 0.0942. The largest absolute Gasteiger partial charge is 0.490 e. The molecule has 2 aromatic carbocycles. The third-order valence-corrected chi connectivity index (χ3v) is 5.69. The molecule has 1 atom stereocenters. The number of benzene rings is 2. The lowest BCUT2D eigenvalue weighted by molar-refractivity contribution is -0.141. The molecule has 0 spiro atoms. The van der Waals surface area contributed by atoms with Gasteiger partial charge in [0.1, 0.15) is 17.8 Å². The molecular formula is C22H23ClN2O3. The van der Waals surface area contributed by atoms with Crippen molar-refractivity contribution in [1.82, 2.24) is 4.90 Å². The van der Waals surface area contributed by atoms with E-state index in [0.29, 0.717) is 31.1 Å². The Morgan fingerprint density at radius 2 is 1.61 bits per heavy atom. The van der Waals surface area contributed by atoms with E-state index in [2.05, 4.69) is 0 Å². The summed E-state index contributed by atoms with van der Waals surface area (Å²) in [6.45, 7) is 1.83.